The molecule has 0 aliphatic rings. The number of benzene rings is 1. The van der Waals surface area contributed by atoms with E-state index < -0.39 is 23.1 Å². The predicted octanol–water partition coefficient (Wildman–Crippen LogP) is 5.28. The van der Waals surface area contributed by atoms with Crippen LogP contribution in [-0.2, 0) is 9.47 Å². The first-order valence-corrected chi connectivity index (χ1v) is 8.15. The van der Waals surface area contributed by atoms with Gasteiger partial charge in [0.1, 0.15) is 11.2 Å². The van der Waals surface area contributed by atoms with Crippen molar-refractivity contribution < 1.29 is 19.1 Å². The molecule has 0 aliphatic carbocycles. The summed E-state index contributed by atoms with van der Waals surface area (Å²) < 4.78 is 10.8. The lowest BCUT2D eigenvalue weighted by molar-refractivity contribution is 0.00517. The maximum atomic E-state index is 12.4. The Hall–Kier alpha value is -1.81. The van der Waals surface area contributed by atoms with Crippen LogP contribution < -0.4 is 0 Å². The van der Waals surface area contributed by atoms with Gasteiger partial charge in [0.05, 0.1) is 16.1 Å². The second kappa shape index (κ2) is 7.39. The van der Waals surface area contributed by atoms with Crippen LogP contribution in [-0.4, -0.2) is 23.1 Å². The lowest BCUT2D eigenvalue weighted by atomic mass is 10.0. The Balaban J connectivity index is 3.33. The highest BCUT2D eigenvalue weighted by Gasteiger charge is 2.25. The molecule has 0 unspecified atom stereocenters. The highest BCUT2D eigenvalue weighted by molar-refractivity contribution is 6.34. The third-order valence-corrected chi connectivity index (χ3v) is 3.04. The van der Waals surface area contributed by atoms with Gasteiger partial charge in [-0.3, -0.25) is 0 Å². The number of ether oxygens (including phenoxy) is 2. The number of rotatable bonds is 3. The van der Waals surface area contributed by atoms with E-state index in [0.29, 0.717) is 11.1 Å². The molecule has 0 spiro atoms. The molecule has 0 radical (unpaired) electrons. The molecular weight excluding hydrogens is 328 g/mol. The molecule has 0 saturated heterocycles. The number of hydrogen-bond donors (Lipinski definition) is 0. The molecule has 1 rings (SSSR count). The highest BCUT2D eigenvalue weighted by atomic mass is 35.5. The van der Waals surface area contributed by atoms with Gasteiger partial charge in [0.25, 0.3) is 0 Å². The van der Waals surface area contributed by atoms with Crippen LogP contribution in [0.2, 0.25) is 5.02 Å². The van der Waals surface area contributed by atoms with E-state index in [4.69, 9.17) is 21.1 Å². The van der Waals surface area contributed by atoms with E-state index in [2.05, 4.69) is 0 Å². The highest BCUT2D eigenvalue weighted by Crippen LogP contribution is 2.27. The Labute approximate surface area is 148 Å². The van der Waals surface area contributed by atoms with Crippen LogP contribution in [0.5, 0.6) is 0 Å². The van der Waals surface area contributed by atoms with E-state index in [-0.39, 0.29) is 10.6 Å². The molecular formula is C19H25ClO4. The molecule has 132 valence electrons. The summed E-state index contributed by atoms with van der Waals surface area (Å²) in [6, 6.07) is 3.00. The van der Waals surface area contributed by atoms with Crippen molar-refractivity contribution in [3.63, 3.8) is 0 Å². The van der Waals surface area contributed by atoms with Crippen molar-refractivity contribution in [2.75, 3.05) is 0 Å². The molecule has 24 heavy (non-hydrogen) atoms. The predicted molar refractivity (Wildman–Crippen MR) is 96.5 cm³/mol. The smallest absolute Gasteiger partial charge is 0.340 e. The molecule has 0 aliphatic heterocycles. The average Bonchev–Trinajstić information content (AvgIpc) is 2.36. The van der Waals surface area contributed by atoms with Crippen LogP contribution in [0, 0.1) is 0 Å². The normalized spacial score (nSPS) is 12.3. The lowest BCUT2D eigenvalue weighted by Crippen LogP contribution is -2.25. The Kier molecular flexibility index (Phi) is 6.23. The van der Waals surface area contributed by atoms with Gasteiger partial charge in [-0.2, -0.15) is 0 Å². The van der Waals surface area contributed by atoms with Gasteiger partial charge in [0.15, 0.2) is 0 Å². The standard InChI is InChI=1S/C19H25ClO4/c1-8-9-12-10-14(17(22)24-19(5,6)7)15(20)11-13(12)16(21)23-18(2,3)4/h8-11H,1-7H3/b9-8-. The quantitative estimate of drug-likeness (QED) is 0.694. The molecule has 0 amide bonds. The van der Waals surface area contributed by atoms with Gasteiger partial charge in [-0.05, 0) is 66.2 Å². The molecule has 5 heteroatoms. The van der Waals surface area contributed by atoms with E-state index in [9.17, 15) is 9.59 Å². The van der Waals surface area contributed by atoms with Crippen molar-refractivity contribution >= 4 is 29.6 Å². The number of carbonyl (C=O) groups is 2. The molecule has 0 saturated carbocycles. The minimum atomic E-state index is -0.634. The Bertz CT molecular complexity index is 661. The fourth-order valence-corrected chi connectivity index (χ4v) is 2.15. The summed E-state index contributed by atoms with van der Waals surface area (Å²) in [7, 11) is 0. The summed E-state index contributed by atoms with van der Waals surface area (Å²) >= 11 is 6.21. The largest absolute Gasteiger partial charge is 0.456 e. The molecule has 1 aromatic carbocycles. The average molecular weight is 353 g/mol. The number of hydrogen-bond acceptors (Lipinski definition) is 4. The number of esters is 2. The molecule has 0 bridgehead atoms. The fraction of sp³-hybridized carbons (Fsp3) is 0.474. The van der Waals surface area contributed by atoms with E-state index in [1.165, 1.54) is 6.07 Å². The van der Waals surface area contributed by atoms with E-state index in [1.54, 1.807) is 59.8 Å². The van der Waals surface area contributed by atoms with Gasteiger partial charge in [-0.15, -0.1) is 0 Å². The second-order valence-electron chi connectivity index (χ2n) is 7.42. The first kappa shape index (κ1) is 20.2. The van der Waals surface area contributed by atoms with Gasteiger partial charge in [0.2, 0.25) is 0 Å². The van der Waals surface area contributed by atoms with Gasteiger partial charge in [0, 0.05) is 0 Å². The number of allylic oxidation sites excluding steroid dienone is 1. The minimum Gasteiger partial charge on any atom is -0.456 e. The van der Waals surface area contributed by atoms with Crippen LogP contribution in [0.1, 0.15) is 74.7 Å². The second-order valence-corrected chi connectivity index (χ2v) is 7.83. The molecule has 4 nitrogen and oxygen atoms in total. The van der Waals surface area contributed by atoms with Gasteiger partial charge in [-0.1, -0.05) is 23.8 Å². The maximum absolute atomic E-state index is 12.4. The molecule has 0 fully saturated rings. The topological polar surface area (TPSA) is 52.6 Å². The maximum Gasteiger partial charge on any atom is 0.340 e. The molecule has 0 N–H and O–H groups in total. The van der Waals surface area contributed by atoms with Crippen LogP contribution in [0.15, 0.2) is 18.2 Å². The van der Waals surface area contributed by atoms with Crippen molar-refractivity contribution in [2.24, 2.45) is 0 Å². The first-order chi connectivity index (χ1) is 10.8. The van der Waals surface area contributed by atoms with Gasteiger partial charge in [-0.25, -0.2) is 9.59 Å². The molecule has 0 atom stereocenters. The van der Waals surface area contributed by atoms with Gasteiger partial charge >= 0.3 is 11.9 Å². The summed E-state index contributed by atoms with van der Waals surface area (Å²) in [4.78, 5) is 24.7. The van der Waals surface area contributed by atoms with Crippen molar-refractivity contribution in [1.82, 2.24) is 0 Å². The summed E-state index contributed by atoms with van der Waals surface area (Å²) in [6.07, 6.45) is 3.50. The van der Waals surface area contributed by atoms with Crippen LogP contribution in [0.25, 0.3) is 6.08 Å². The zero-order chi connectivity index (χ0) is 18.7. The SMILES string of the molecule is C/C=C\c1cc(C(=O)OC(C)(C)C)c(Cl)cc1C(=O)OC(C)(C)C. The van der Waals surface area contributed by atoms with E-state index in [1.807, 2.05) is 6.92 Å². The van der Waals surface area contributed by atoms with E-state index >= 15 is 0 Å². The lowest BCUT2D eigenvalue weighted by Gasteiger charge is -2.22. The summed E-state index contributed by atoms with van der Waals surface area (Å²) in [6.45, 7) is 12.5. The fourth-order valence-electron chi connectivity index (χ4n) is 1.91. The Morgan fingerprint density at radius 3 is 1.79 bits per heavy atom. The van der Waals surface area contributed by atoms with Crippen molar-refractivity contribution in [3.05, 3.63) is 39.9 Å². The van der Waals surface area contributed by atoms with Crippen molar-refractivity contribution in [3.8, 4) is 0 Å². The van der Waals surface area contributed by atoms with Gasteiger partial charge < -0.3 is 9.47 Å². The number of halogens is 1. The summed E-state index contributed by atoms with van der Waals surface area (Å²) in [5, 5.41) is 0.151. The van der Waals surface area contributed by atoms with Crippen LogP contribution in [0.4, 0.5) is 0 Å². The Morgan fingerprint density at radius 2 is 1.38 bits per heavy atom. The third kappa shape index (κ3) is 6.00. The van der Waals surface area contributed by atoms with E-state index in [0.717, 1.165) is 0 Å². The van der Waals surface area contributed by atoms with Crippen molar-refractivity contribution in [1.29, 1.82) is 0 Å². The molecule has 0 heterocycles. The third-order valence-electron chi connectivity index (χ3n) is 2.72. The zero-order valence-electron chi connectivity index (χ0n) is 15.3. The summed E-state index contributed by atoms with van der Waals surface area (Å²) in [5.41, 5.74) is -0.185. The monoisotopic (exact) mass is 352 g/mol. The van der Waals surface area contributed by atoms with Crippen molar-refractivity contribution in [2.45, 2.75) is 59.7 Å². The zero-order valence-corrected chi connectivity index (χ0v) is 16.1. The molecule has 0 aromatic heterocycles. The van der Waals surface area contributed by atoms with Crippen LogP contribution >= 0.6 is 11.6 Å². The summed E-state index contributed by atoms with van der Waals surface area (Å²) in [5.74, 6) is -1.03. The van der Waals surface area contributed by atoms with Crippen LogP contribution in [0.3, 0.4) is 0 Å². The number of carbonyl (C=O) groups excluding carboxylic acids is 2. The molecule has 1 aromatic rings. The Morgan fingerprint density at radius 1 is 0.917 bits per heavy atom. The first-order valence-electron chi connectivity index (χ1n) is 7.77. The minimum absolute atomic E-state index is 0.151.